The Labute approximate surface area is 143 Å². The minimum absolute atomic E-state index is 0.109. The third kappa shape index (κ3) is 4.43. The number of ether oxygens (including phenoxy) is 1. The smallest absolute Gasteiger partial charge is 0.343 e. The molecule has 2 aromatic rings. The van der Waals surface area contributed by atoms with Gasteiger partial charge in [0.1, 0.15) is 17.1 Å². The summed E-state index contributed by atoms with van der Waals surface area (Å²) in [6.07, 6.45) is 1.13. The molecule has 0 bridgehead atoms. The van der Waals surface area contributed by atoms with Gasteiger partial charge in [-0.1, -0.05) is 29.8 Å². The number of rotatable bonds is 5. The van der Waals surface area contributed by atoms with Crippen LogP contribution in [0.2, 0.25) is 5.02 Å². The van der Waals surface area contributed by atoms with Crippen LogP contribution in [0.3, 0.4) is 0 Å². The van der Waals surface area contributed by atoms with Gasteiger partial charge in [-0.3, -0.25) is 4.99 Å². The fourth-order valence-electron chi connectivity index (χ4n) is 1.91. The van der Waals surface area contributed by atoms with E-state index in [0.29, 0.717) is 10.7 Å². The quantitative estimate of drug-likeness (QED) is 0.368. The van der Waals surface area contributed by atoms with E-state index in [1.54, 1.807) is 37.3 Å². The van der Waals surface area contributed by atoms with E-state index in [-0.39, 0.29) is 17.7 Å². The van der Waals surface area contributed by atoms with Gasteiger partial charge in [-0.25, -0.2) is 9.18 Å². The van der Waals surface area contributed by atoms with Gasteiger partial charge >= 0.3 is 5.97 Å². The number of esters is 1. The van der Waals surface area contributed by atoms with Crippen molar-refractivity contribution in [2.24, 2.45) is 4.99 Å². The summed E-state index contributed by atoms with van der Waals surface area (Å²) in [6.45, 7) is 1.74. The van der Waals surface area contributed by atoms with E-state index < -0.39 is 17.5 Å². The Morgan fingerprint density at radius 1 is 1.29 bits per heavy atom. The van der Waals surface area contributed by atoms with Crippen LogP contribution in [0.5, 0.6) is 0 Å². The molecule has 124 valence electrons. The molecule has 0 radical (unpaired) electrons. The number of carbonyl (C=O) groups excluding carboxylic acids is 1. The molecule has 0 unspecified atom stereocenters. The number of nitrogens with zero attached hydrogens (tertiary/aromatic N) is 1. The van der Waals surface area contributed by atoms with Crippen LogP contribution in [-0.2, 0) is 9.53 Å². The Bertz CT molecular complexity index is 802. The van der Waals surface area contributed by atoms with Gasteiger partial charge in [-0.05, 0) is 37.3 Å². The zero-order valence-corrected chi connectivity index (χ0v) is 13.6. The maximum atomic E-state index is 13.9. The van der Waals surface area contributed by atoms with Crippen LogP contribution in [0, 0.1) is 5.82 Å². The largest absolute Gasteiger partial charge is 0.506 e. The first-order chi connectivity index (χ1) is 11.5. The van der Waals surface area contributed by atoms with Crippen LogP contribution < -0.4 is 0 Å². The van der Waals surface area contributed by atoms with E-state index in [4.69, 9.17) is 16.3 Å². The second kappa shape index (κ2) is 8.26. The van der Waals surface area contributed by atoms with Gasteiger partial charge in [0.15, 0.2) is 0 Å². The summed E-state index contributed by atoms with van der Waals surface area (Å²) in [5.74, 6) is -2.01. The zero-order valence-electron chi connectivity index (χ0n) is 12.9. The minimum atomic E-state index is -0.802. The van der Waals surface area contributed by atoms with Crippen molar-refractivity contribution in [2.75, 3.05) is 6.61 Å². The van der Waals surface area contributed by atoms with Crippen molar-refractivity contribution in [3.05, 3.63) is 70.5 Å². The Hall–Kier alpha value is -2.66. The van der Waals surface area contributed by atoms with Crippen molar-refractivity contribution < 1.29 is 19.0 Å². The van der Waals surface area contributed by atoms with E-state index in [1.165, 1.54) is 18.2 Å². The van der Waals surface area contributed by atoms with E-state index in [0.717, 1.165) is 6.21 Å². The summed E-state index contributed by atoms with van der Waals surface area (Å²) < 4.78 is 18.8. The Morgan fingerprint density at radius 3 is 2.71 bits per heavy atom. The molecule has 0 fully saturated rings. The fraction of sp³-hybridized carbons (Fsp3) is 0.111. The first kappa shape index (κ1) is 17.7. The molecule has 24 heavy (non-hydrogen) atoms. The second-order valence-electron chi connectivity index (χ2n) is 4.70. The number of hydrogen-bond donors (Lipinski definition) is 1. The molecule has 0 aliphatic carbocycles. The van der Waals surface area contributed by atoms with Gasteiger partial charge in [0, 0.05) is 11.2 Å². The SMILES string of the molecule is CCOC(=O)/C(C=Nc1cccc(Cl)c1)=C(\O)c1ccccc1F. The van der Waals surface area contributed by atoms with Crippen molar-refractivity contribution in [1.82, 2.24) is 0 Å². The molecule has 0 saturated heterocycles. The summed E-state index contributed by atoms with van der Waals surface area (Å²) in [5.41, 5.74) is 0.116. The Balaban J connectivity index is 2.47. The highest BCUT2D eigenvalue weighted by Gasteiger charge is 2.18. The summed E-state index contributed by atoms with van der Waals surface area (Å²) in [7, 11) is 0. The lowest BCUT2D eigenvalue weighted by Gasteiger charge is -2.07. The highest BCUT2D eigenvalue weighted by atomic mass is 35.5. The topological polar surface area (TPSA) is 58.9 Å². The van der Waals surface area contributed by atoms with Crippen molar-refractivity contribution in [2.45, 2.75) is 6.92 Å². The number of carbonyl (C=O) groups is 1. The molecule has 2 rings (SSSR count). The summed E-state index contributed by atoms with van der Waals surface area (Å²) in [5, 5.41) is 10.8. The van der Waals surface area contributed by atoms with Gasteiger partial charge < -0.3 is 9.84 Å². The maximum Gasteiger partial charge on any atom is 0.343 e. The maximum absolute atomic E-state index is 13.9. The van der Waals surface area contributed by atoms with E-state index in [2.05, 4.69) is 4.99 Å². The van der Waals surface area contributed by atoms with Crippen molar-refractivity contribution in [3.8, 4) is 0 Å². The van der Waals surface area contributed by atoms with Gasteiger partial charge in [0.2, 0.25) is 0 Å². The molecule has 0 aliphatic heterocycles. The predicted octanol–water partition coefficient (Wildman–Crippen LogP) is 4.71. The Kier molecular flexibility index (Phi) is 6.09. The summed E-state index contributed by atoms with van der Waals surface area (Å²) >= 11 is 5.88. The summed E-state index contributed by atoms with van der Waals surface area (Å²) in [6, 6.07) is 12.2. The van der Waals surface area contributed by atoms with Gasteiger partial charge in [0.05, 0.1) is 17.9 Å². The molecule has 0 amide bonds. The van der Waals surface area contributed by atoms with E-state index in [1.807, 2.05) is 0 Å². The van der Waals surface area contributed by atoms with Crippen LogP contribution in [0.1, 0.15) is 12.5 Å². The van der Waals surface area contributed by atoms with Crippen LogP contribution in [0.15, 0.2) is 59.1 Å². The third-order valence-electron chi connectivity index (χ3n) is 3.03. The number of aliphatic imine (C=N–C) groups is 1. The molecule has 4 nitrogen and oxygen atoms in total. The molecule has 6 heteroatoms. The molecule has 0 atom stereocenters. The van der Waals surface area contributed by atoms with Crippen LogP contribution in [0.25, 0.3) is 5.76 Å². The lowest BCUT2D eigenvalue weighted by molar-refractivity contribution is -0.137. The van der Waals surface area contributed by atoms with E-state index >= 15 is 0 Å². The molecule has 0 aliphatic rings. The minimum Gasteiger partial charge on any atom is -0.506 e. The first-order valence-electron chi connectivity index (χ1n) is 7.17. The van der Waals surface area contributed by atoms with Crippen LogP contribution in [-0.4, -0.2) is 23.9 Å². The molecule has 0 heterocycles. The number of aliphatic hydroxyl groups is 1. The number of hydrogen-bond acceptors (Lipinski definition) is 4. The molecule has 0 spiro atoms. The number of halogens is 2. The van der Waals surface area contributed by atoms with E-state index in [9.17, 15) is 14.3 Å². The van der Waals surface area contributed by atoms with Crippen molar-refractivity contribution >= 4 is 35.2 Å². The standard InChI is InChI=1S/C18H15ClFNO3/c1-2-24-18(23)15(11-21-13-7-5-6-12(19)10-13)17(22)14-8-3-4-9-16(14)20/h3-11,22H,2H2,1H3/b17-15-,21-11?. The summed E-state index contributed by atoms with van der Waals surface area (Å²) in [4.78, 5) is 16.2. The lowest BCUT2D eigenvalue weighted by atomic mass is 10.1. The zero-order chi connectivity index (χ0) is 17.5. The third-order valence-corrected chi connectivity index (χ3v) is 3.27. The highest BCUT2D eigenvalue weighted by molar-refractivity contribution is 6.30. The fourth-order valence-corrected chi connectivity index (χ4v) is 2.10. The predicted molar refractivity (Wildman–Crippen MR) is 92.2 cm³/mol. The Morgan fingerprint density at radius 2 is 2.04 bits per heavy atom. The van der Waals surface area contributed by atoms with Crippen LogP contribution in [0.4, 0.5) is 10.1 Å². The van der Waals surface area contributed by atoms with Crippen molar-refractivity contribution in [3.63, 3.8) is 0 Å². The van der Waals surface area contributed by atoms with Gasteiger partial charge in [-0.2, -0.15) is 0 Å². The first-order valence-corrected chi connectivity index (χ1v) is 7.55. The highest BCUT2D eigenvalue weighted by Crippen LogP contribution is 2.21. The molecular formula is C18H15ClFNO3. The molecular weight excluding hydrogens is 333 g/mol. The lowest BCUT2D eigenvalue weighted by Crippen LogP contribution is -2.11. The van der Waals surface area contributed by atoms with Crippen molar-refractivity contribution in [1.29, 1.82) is 0 Å². The molecule has 0 saturated carbocycles. The second-order valence-corrected chi connectivity index (χ2v) is 5.14. The average Bonchev–Trinajstić information content (AvgIpc) is 2.55. The van der Waals surface area contributed by atoms with Gasteiger partial charge in [0.25, 0.3) is 0 Å². The monoisotopic (exact) mass is 347 g/mol. The normalized spacial score (nSPS) is 12.1. The number of benzene rings is 2. The van der Waals surface area contributed by atoms with Gasteiger partial charge in [-0.15, -0.1) is 0 Å². The molecule has 1 N–H and O–H groups in total. The number of aliphatic hydroxyl groups excluding tert-OH is 1. The van der Waals surface area contributed by atoms with Crippen LogP contribution >= 0.6 is 11.6 Å². The average molecular weight is 348 g/mol. The molecule has 2 aromatic carbocycles. The molecule has 0 aromatic heterocycles.